The Hall–Kier alpha value is -2.18. The highest BCUT2D eigenvalue weighted by molar-refractivity contribution is 5.97. The Kier molecular flexibility index (Phi) is 3.64. The van der Waals surface area contributed by atoms with Crippen molar-refractivity contribution in [2.24, 2.45) is 0 Å². The number of nitrogens with one attached hydrogen (secondary N) is 1. The molecule has 2 rings (SSSR count). The van der Waals surface area contributed by atoms with Gasteiger partial charge in [-0.05, 0) is 12.1 Å². The van der Waals surface area contributed by atoms with Crippen LogP contribution in [0.25, 0.3) is 0 Å². The van der Waals surface area contributed by atoms with Crippen molar-refractivity contribution in [1.29, 1.82) is 0 Å². The first-order valence-electron chi connectivity index (χ1n) is 5.74. The van der Waals surface area contributed by atoms with Crippen molar-refractivity contribution in [2.45, 2.75) is 0 Å². The van der Waals surface area contributed by atoms with Gasteiger partial charge in [-0.2, -0.15) is 0 Å². The Bertz CT molecular complexity index is 501. The van der Waals surface area contributed by atoms with Crippen LogP contribution in [0.3, 0.4) is 0 Å². The molecule has 0 spiro atoms. The van der Waals surface area contributed by atoms with Gasteiger partial charge in [0.2, 0.25) is 5.91 Å². The van der Waals surface area contributed by atoms with Gasteiger partial charge in [0.1, 0.15) is 17.3 Å². The number of carbonyl (C=O) groups is 2. The predicted octanol–water partition coefficient (Wildman–Crippen LogP) is 0.953. The first kappa shape index (κ1) is 13.3. The van der Waals surface area contributed by atoms with Crippen LogP contribution >= 0.6 is 0 Å². The van der Waals surface area contributed by atoms with Crippen LogP contribution in [-0.4, -0.2) is 43.5 Å². The van der Waals surface area contributed by atoms with Gasteiger partial charge in [-0.1, -0.05) is 6.07 Å². The largest absolute Gasteiger partial charge is 0.361 e. The lowest BCUT2D eigenvalue weighted by Crippen LogP contribution is -2.41. The van der Waals surface area contributed by atoms with E-state index in [1.54, 1.807) is 0 Å². The minimum atomic E-state index is -0.749. The Balaban J connectivity index is 2.11. The summed E-state index contributed by atoms with van der Waals surface area (Å²) in [6.45, 7) is 0.388. The van der Waals surface area contributed by atoms with Gasteiger partial charge in [0.25, 0.3) is 0 Å². The SMILES string of the molecule is CN(CC(=O)N1CCNC1=O)c1c(F)cccc1F. The maximum absolute atomic E-state index is 13.5. The number of rotatable bonds is 3. The maximum atomic E-state index is 13.5. The van der Waals surface area contributed by atoms with E-state index >= 15 is 0 Å². The van der Waals surface area contributed by atoms with E-state index in [9.17, 15) is 18.4 Å². The van der Waals surface area contributed by atoms with Crippen LogP contribution in [0.2, 0.25) is 0 Å². The minimum absolute atomic E-state index is 0.269. The molecule has 1 aromatic rings. The van der Waals surface area contributed by atoms with Crippen LogP contribution in [-0.2, 0) is 4.79 Å². The maximum Gasteiger partial charge on any atom is 0.324 e. The third-order valence-corrected chi connectivity index (χ3v) is 2.85. The number of anilines is 1. The second kappa shape index (κ2) is 5.21. The van der Waals surface area contributed by atoms with Gasteiger partial charge in [0.05, 0.1) is 6.54 Å². The third kappa shape index (κ3) is 2.64. The Morgan fingerprint density at radius 3 is 2.58 bits per heavy atom. The van der Waals surface area contributed by atoms with Gasteiger partial charge in [0.15, 0.2) is 0 Å². The lowest BCUT2D eigenvalue weighted by atomic mass is 10.2. The molecule has 5 nitrogen and oxygen atoms in total. The van der Waals surface area contributed by atoms with Crippen molar-refractivity contribution < 1.29 is 18.4 Å². The second-order valence-electron chi connectivity index (χ2n) is 4.20. The molecule has 0 bridgehead atoms. The zero-order chi connectivity index (χ0) is 14.0. The summed E-state index contributed by atoms with van der Waals surface area (Å²) >= 11 is 0. The van der Waals surface area contributed by atoms with Crippen LogP contribution in [0.5, 0.6) is 0 Å². The number of carbonyl (C=O) groups excluding carboxylic acids is 2. The molecule has 3 amide bonds. The summed E-state index contributed by atoms with van der Waals surface area (Å²) in [5.41, 5.74) is -0.282. The summed E-state index contributed by atoms with van der Waals surface area (Å²) in [6.07, 6.45) is 0. The summed E-state index contributed by atoms with van der Waals surface area (Å²) < 4.78 is 27.0. The number of halogens is 2. The fourth-order valence-electron chi connectivity index (χ4n) is 1.93. The molecular formula is C12H13F2N3O2. The fraction of sp³-hybridized carbons (Fsp3) is 0.333. The molecule has 0 atom stereocenters. The topological polar surface area (TPSA) is 52.7 Å². The quantitative estimate of drug-likeness (QED) is 0.889. The lowest BCUT2D eigenvalue weighted by molar-refractivity contribution is -0.126. The molecule has 1 aromatic carbocycles. The summed E-state index contributed by atoms with van der Waals surface area (Å²) in [5.74, 6) is -2.00. The third-order valence-electron chi connectivity index (χ3n) is 2.85. The zero-order valence-electron chi connectivity index (χ0n) is 10.3. The van der Waals surface area contributed by atoms with E-state index in [4.69, 9.17) is 0 Å². The molecule has 19 heavy (non-hydrogen) atoms. The van der Waals surface area contributed by atoms with E-state index in [1.165, 1.54) is 13.1 Å². The fourth-order valence-corrected chi connectivity index (χ4v) is 1.93. The van der Waals surface area contributed by atoms with Crippen molar-refractivity contribution in [3.8, 4) is 0 Å². The number of nitrogens with zero attached hydrogens (tertiary/aromatic N) is 2. The number of amides is 3. The first-order chi connectivity index (χ1) is 9.00. The molecule has 0 aromatic heterocycles. The number of urea groups is 1. The number of likely N-dealkylation sites (N-methyl/N-ethyl adjacent to an activating group) is 1. The van der Waals surface area contributed by atoms with Crippen molar-refractivity contribution in [3.63, 3.8) is 0 Å². The molecule has 1 saturated heterocycles. The van der Waals surface area contributed by atoms with E-state index in [-0.39, 0.29) is 18.8 Å². The van der Waals surface area contributed by atoms with Crippen LogP contribution in [0.15, 0.2) is 18.2 Å². The molecule has 7 heteroatoms. The summed E-state index contributed by atoms with van der Waals surface area (Å²) in [7, 11) is 1.40. The minimum Gasteiger partial charge on any atom is -0.361 e. The van der Waals surface area contributed by atoms with Gasteiger partial charge in [-0.25, -0.2) is 13.6 Å². The van der Waals surface area contributed by atoms with E-state index in [1.807, 2.05) is 0 Å². The molecule has 0 aliphatic carbocycles. The van der Waals surface area contributed by atoms with Crippen molar-refractivity contribution in [3.05, 3.63) is 29.8 Å². The first-order valence-corrected chi connectivity index (χ1v) is 5.74. The summed E-state index contributed by atoms with van der Waals surface area (Å²) in [4.78, 5) is 25.3. The van der Waals surface area contributed by atoms with Gasteiger partial charge in [0, 0.05) is 20.1 Å². The average molecular weight is 269 g/mol. The van der Waals surface area contributed by atoms with Gasteiger partial charge >= 0.3 is 6.03 Å². The zero-order valence-corrected chi connectivity index (χ0v) is 10.3. The summed E-state index contributed by atoms with van der Waals surface area (Å²) in [5, 5.41) is 2.49. The smallest absolute Gasteiger partial charge is 0.324 e. The Morgan fingerprint density at radius 1 is 1.42 bits per heavy atom. The van der Waals surface area contributed by atoms with E-state index in [2.05, 4.69) is 5.32 Å². The van der Waals surface area contributed by atoms with Crippen LogP contribution in [0.1, 0.15) is 0 Å². The number of hydrogen-bond donors (Lipinski definition) is 1. The molecule has 1 heterocycles. The van der Waals surface area contributed by atoms with E-state index in [0.29, 0.717) is 6.54 Å². The highest BCUT2D eigenvalue weighted by Crippen LogP contribution is 2.21. The van der Waals surface area contributed by atoms with Crippen LogP contribution in [0, 0.1) is 11.6 Å². The van der Waals surface area contributed by atoms with Crippen LogP contribution in [0.4, 0.5) is 19.3 Å². The highest BCUT2D eigenvalue weighted by atomic mass is 19.1. The Labute approximate surface area is 108 Å². The monoisotopic (exact) mass is 269 g/mol. The summed E-state index contributed by atoms with van der Waals surface area (Å²) in [6, 6.07) is 2.99. The molecule has 0 radical (unpaired) electrons. The predicted molar refractivity (Wildman–Crippen MR) is 64.7 cm³/mol. The van der Waals surface area contributed by atoms with E-state index in [0.717, 1.165) is 21.9 Å². The molecule has 0 unspecified atom stereocenters. The standard InChI is InChI=1S/C12H13F2N3O2/c1-16(11-8(13)3-2-4-9(11)14)7-10(18)17-6-5-15-12(17)19/h2-4H,5-7H2,1H3,(H,15,19). The van der Waals surface area contributed by atoms with Gasteiger partial charge in [-0.15, -0.1) is 0 Å². The molecule has 1 aliphatic heterocycles. The molecule has 1 N–H and O–H groups in total. The lowest BCUT2D eigenvalue weighted by Gasteiger charge is -2.22. The average Bonchev–Trinajstić information content (AvgIpc) is 2.75. The molecule has 102 valence electrons. The van der Waals surface area contributed by atoms with Crippen molar-refractivity contribution in [2.75, 3.05) is 31.6 Å². The van der Waals surface area contributed by atoms with Crippen LogP contribution < -0.4 is 10.2 Å². The van der Waals surface area contributed by atoms with Crippen molar-refractivity contribution in [1.82, 2.24) is 10.2 Å². The van der Waals surface area contributed by atoms with Gasteiger partial charge < -0.3 is 10.2 Å². The molecule has 0 saturated carbocycles. The van der Waals surface area contributed by atoms with E-state index < -0.39 is 23.6 Å². The number of para-hydroxylation sites is 1. The Morgan fingerprint density at radius 2 is 2.05 bits per heavy atom. The number of imide groups is 1. The molecule has 1 fully saturated rings. The molecule has 1 aliphatic rings. The van der Waals surface area contributed by atoms with Gasteiger partial charge in [-0.3, -0.25) is 9.69 Å². The molecular weight excluding hydrogens is 256 g/mol. The second-order valence-corrected chi connectivity index (χ2v) is 4.20. The normalized spacial score (nSPS) is 14.5. The number of benzene rings is 1. The number of hydrogen-bond acceptors (Lipinski definition) is 3. The van der Waals surface area contributed by atoms with Crippen molar-refractivity contribution >= 4 is 17.6 Å². The highest BCUT2D eigenvalue weighted by Gasteiger charge is 2.27.